The predicted molar refractivity (Wildman–Crippen MR) is 79.2 cm³/mol. The molecule has 0 saturated carbocycles. The maximum Gasteiger partial charge on any atom is 0.251 e. The van der Waals surface area contributed by atoms with E-state index in [4.69, 9.17) is 5.73 Å². The number of likely N-dealkylation sites (N-methyl/N-ethyl adjacent to an activating group) is 1. The molecule has 0 aliphatic heterocycles. The maximum absolute atomic E-state index is 12.1. The summed E-state index contributed by atoms with van der Waals surface area (Å²) in [4.78, 5) is 25.9. The molecule has 0 saturated heterocycles. The van der Waals surface area contributed by atoms with E-state index in [0.717, 1.165) is 5.56 Å². The van der Waals surface area contributed by atoms with Gasteiger partial charge in [0.1, 0.15) is 6.04 Å². The Labute approximate surface area is 120 Å². The van der Waals surface area contributed by atoms with Gasteiger partial charge in [-0.3, -0.25) is 9.59 Å². The highest BCUT2D eigenvalue weighted by atomic mass is 16.2. The van der Waals surface area contributed by atoms with Gasteiger partial charge in [-0.05, 0) is 38.5 Å². The van der Waals surface area contributed by atoms with Crippen molar-refractivity contribution in [1.29, 1.82) is 0 Å². The zero-order chi connectivity index (χ0) is 15.1. The molecule has 0 spiro atoms. The summed E-state index contributed by atoms with van der Waals surface area (Å²) in [6.45, 7) is 7.19. The van der Waals surface area contributed by atoms with Crippen LogP contribution in [-0.4, -0.2) is 35.8 Å². The lowest BCUT2D eigenvalue weighted by atomic mass is 10.1. The van der Waals surface area contributed by atoms with Crippen LogP contribution in [0.2, 0.25) is 0 Å². The molecule has 110 valence electrons. The molecule has 1 aromatic rings. The molecule has 0 radical (unpaired) electrons. The molecule has 0 aliphatic carbocycles. The normalized spacial score (nSPS) is 11.8. The summed E-state index contributed by atoms with van der Waals surface area (Å²) < 4.78 is 0. The maximum atomic E-state index is 12.1. The van der Waals surface area contributed by atoms with Crippen molar-refractivity contribution in [1.82, 2.24) is 10.2 Å². The molecule has 5 heteroatoms. The van der Waals surface area contributed by atoms with Crippen LogP contribution in [0.1, 0.15) is 36.7 Å². The molecule has 0 heterocycles. The van der Waals surface area contributed by atoms with E-state index in [0.29, 0.717) is 25.2 Å². The monoisotopic (exact) mass is 277 g/mol. The van der Waals surface area contributed by atoms with E-state index in [-0.39, 0.29) is 11.8 Å². The van der Waals surface area contributed by atoms with Gasteiger partial charge in [0.2, 0.25) is 5.91 Å². The van der Waals surface area contributed by atoms with Gasteiger partial charge in [-0.2, -0.15) is 0 Å². The number of nitrogens with zero attached hydrogens (tertiary/aromatic N) is 1. The average molecular weight is 277 g/mol. The van der Waals surface area contributed by atoms with Gasteiger partial charge in [-0.15, -0.1) is 0 Å². The van der Waals surface area contributed by atoms with Crippen molar-refractivity contribution in [2.75, 3.05) is 13.1 Å². The number of carbonyl (C=O) groups is 2. The minimum Gasteiger partial charge on any atom is -0.341 e. The van der Waals surface area contributed by atoms with Crippen molar-refractivity contribution in [3.05, 3.63) is 35.4 Å². The summed E-state index contributed by atoms with van der Waals surface area (Å²) >= 11 is 0. The summed E-state index contributed by atoms with van der Waals surface area (Å²) in [5.74, 6) is -0.327. The molecule has 20 heavy (non-hydrogen) atoms. The van der Waals surface area contributed by atoms with Crippen LogP contribution in [0, 0.1) is 0 Å². The Kier molecular flexibility index (Phi) is 6.18. The van der Waals surface area contributed by atoms with Crippen molar-refractivity contribution in [3.63, 3.8) is 0 Å². The van der Waals surface area contributed by atoms with Crippen LogP contribution in [0.3, 0.4) is 0 Å². The Morgan fingerprint density at radius 2 is 1.95 bits per heavy atom. The Morgan fingerprint density at radius 1 is 1.30 bits per heavy atom. The molecule has 5 nitrogen and oxygen atoms in total. The number of nitrogens with one attached hydrogen (secondary N) is 1. The lowest BCUT2D eigenvalue weighted by Crippen LogP contribution is -2.46. The molecular formula is C15H23N3O2. The molecule has 3 N–H and O–H groups in total. The SMILES string of the molecule is CCN(CC)C(=O)C(C)NC(=O)c1cccc(CN)c1. The quantitative estimate of drug-likeness (QED) is 0.818. The van der Waals surface area contributed by atoms with E-state index in [2.05, 4.69) is 5.32 Å². The number of benzene rings is 1. The molecule has 0 fully saturated rings. The van der Waals surface area contributed by atoms with Crippen molar-refractivity contribution in [2.45, 2.75) is 33.4 Å². The molecule has 2 amide bonds. The van der Waals surface area contributed by atoms with Crippen molar-refractivity contribution < 1.29 is 9.59 Å². The smallest absolute Gasteiger partial charge is 0.251 e. The van der Waals surface area contributed by atoms with Gasteiger partial charge in [0.15, 0.2) is 0 Å². The second kappa shape index (κ2) is 7.65. The van der Waals surface area contributed by atoms with E-state index < -0.39 is 6.04 Å². The Morgan fingerprint density at radius 3 is 2.50 bits per heavy atom. The first-order valence-corrected chi connectivity index (χ1v) is 6.92. The fourth-order valence-corrected chi connectivity index (χ4v) is 1.99. The van der Waals surface area contributed by atoms with Crippen LogP contribution in [-0.2, 0) is 11.3 Å². The molecule has 1 rings (SSSR count). The highest BCUT2D eigenvalue weighted by Gasteiger charge is 2.20. The number of rotatable bonds is 6. The van der Waals surface area contributed by atoms with Gasteiger partial charge >= 0.3 is 0 Å². The third-order valence-corrected chi connectivity index (χ3v) is 3.22. The van der Waals surface area contributed by atoms with Gasteiger partial charge in [0.05, 0.1) is 0 Å². The lowest BCUT2D eigenvalue weighted by Gasteiger charge is -2.23. The van der Waals surface area contributed by atoms with Crippen molar-refractivity contribution >= 4 is 11.8 Å². The zero-order valence-electron chi connectivity index (χ0n) is 12.3. The minimum atomic E-state index is -0.538. The number of hydrogen-bond acceptors (Lipinski definition) is 3. The first-order chi connectivity index (χ1) is 9.53. The topological polar surface area (TPSA) is 75.4 Å². The molecule has 1 atom stereocenters. The first kappa shape index (κ1) is 16.2. The number of amides is 2. The second-order valence-electron chi connectivity index (χ2n) is 4.61. The predicted octanol–water partition coefficient (Wildman–Crippen LogP) is 1.13. The van der Waals surface area contributed by atoms with Crippen LogP contribution in [0.25, 0.3) is 0 Å². The van der Waals surface area contributed by atoms with Gasteiger partial charge in [0.25, 0.3) is 5.91 Å². The molecule has 0 bridgehead atoms. The van der Waals surface area contributed by atoms with Gasteiger partial charge < -0.3 is 16.0 Å². The molecule has 0 aliphatic rings. The van der Waals surface area contributed by atoms with Crippen molar-refractivity contribution in [2.24, 2.45) is 5.73 Å². The third kappa shape index (κ3) is 4.06. The van der Waals surface area contributed by atoms with Crippen LogP contribution in [0.15, 0.2) is 24.3 Å². The average Bonchev–Trinajstić information content (AvgIpc) is 2.48. The van der Waals surface area contributed by atoms with E-state index in [9.17, 15) is 9.59 Å². The third-order valence-electron chi connectivity index (χ3n) is 3.22. The van der Waals surface area contributed by atoms with Gasteiger partial charge in [-0.25, -0.2) is 0 Å². The fourth-order valence-electron chi connectivity index (χ4n) is 1.99. The van der Waals surface area contributed by atoms with Crippen LogP contribution >= 0.6 is 0 Å². The minimum absolute atomic E-state index is 0.0710. The number of carbonyl (C=O) groups excluding carboxylic acids is 2. The summed E-state index contributed by atoms with van der Waals surface area (Å²) in [6, 6.07) is 6.56. The summed E-state index contributed by atoms with van der Waals surface area (Å²) in [6.07, 6.45) is 0. The van der Waals surface area contributed by atoms with E-state index >= 15 is 0 Å². The van der Waals surface area contributed by atoms with Crippen LogP contribution < -0.4 is 11.1 Å². The zero-order valence-corrected chi connectivity index (χ0v) is 12.3. The van der Waals surface area contributed by atoms with Crippen molar-refractivity contribution in [3.8, 4) is 0 Å². The Bertz CT molecular complexity index is 470. The Hall–Kier alpha value is -1.88. The summed E-state index contributed by atoms with van der Waals surface area (Å²) in [5.41, 5.74) is 6.96. The van der Waals surface area contributed by atoms with Gasteiger partial charge in [0, 0.05) is 25.2 Å². The highest BCUT2D eigenvalue weighted by Crippen LogP contribution is 2.05. The number of hydrogen-bond donors (Lipinski definition) is 2. The number of nitrogens with two attached hydrogens (primary N) is 1. The first-order valence-electron chi connectivity index (χ1n) is 6.92. The summed E-state index contributed by atoms with van der Waals surface area (Å²) in [5, 5.41) is 2.73. The highest BCUT2D eigenvalue weighted by molar-refractivity contribution is 5.97. The van der Waals surface area contributed by atoms with Crippen LogP contribution in [0.4, 0.5) is 0 Å². The van der Waals surface area contributed by atoms with Crippen LogP contribution in [0.5, 0.6) is 0 Å². The standard InChI is InChI=1S/C15H23N3O2/c1-4-18(5-2)15(20)11(3)17-14(19)13-8-6-7-12(9-13)10-16/h6-9,11H,4-5,10,16H2,1-3H3,(H,17,19). The fraction of sp³-hybridized carbons (Fsp3) is 0.467. The molecule has 1 unspecified atom stereocenters. The summed E-state index contributed by atoms with van der Waals surface area (Å²) in [7, 11) is 0. The van der Waals surface area contributed by atoms with E-state index in [1.165, 1.54) is 0 Å². The van der Waals surface area contributed by atoms with E-state index in [1.54, 1.807) is 30.0 Å². The lowest BCUT2D eigenvalue weighted by molar-refractivity contribution is -0.132. The van der Waals surface area contributed by atoms with Gasteiger partial charge in [-0.1, -0.05) is 12.1 Å². The molecular weight excluding hydrogens is 254 g/mol. The second-order valence-corrected chi connectivity index (χ2v) is 4.61. The largest absolute Gasteiger partial charge is 0.341 e. The molecule has 0 aromatic heterocycles. The molecule has 1 aromatic carbocycles. The Balaban J connectivity index is 2.72. The van der Waals surface area contributed by atoms with E-state index in [1.807, 2.05) is 19.9 Å².